The molecule has 0 aliphatic heterocycles. The number of fused-ring (bicyclic) bond motifs is 11. The number of hydrogen-bond acceptors (Lipinski definition) is 31. The van der Waals surface area contributed by atoms with Crippen molar-refractivity contribution in [3.05, 3.63) is 125 Å². The zero-order valence-corrected chi connectivity index (χ0v) is 72.6. The van der Waals surface area contributed by atoms with Crippen LogP contribution in [0.5, 0.6) is 11.5 Å². The maximum atomic E-state index is 13.8. The van der Waals surface area contributed by atoms with Crippen molar-refractivity contribution in [2.45, 2.75) is 114 Å². The van der Waals surface area contributed by atoms with Crippen molar-refractivity contribution >= 4 is 98.1 Å². The molecule has 1 heterocycles. The fourth-order valence-electron chi connectivity index (χ4n) is 17.5. The molecule has 0 spiro atoms. The number of hydrogen-bond donors (Lipinski definition) is 17. The van der Waals surface area contributed by atoms with Crippen molar-refractivity contribution in [1.29, 1.82) is 0 Å². The molecule has 3 aromatic carbocycles. The fourth-order valence-corrected chi connectivity index (χ4v) is 17.5. The molecule has 1 aromatic heterocycles. The van der Waals surface area contributed by atoms with E-state index in [1.54, 1.807) is 49.0 Å². The first-order chi connectivity index (χ1) is 51.2. The van der Waals surface area contributed by atoms with Gasteiger partial charge in [-0.05, 0) is 113 Å². The van der Waals surface area contributed by atoms with Gasteiger partial charge in [0.15, 0.2) is 40.0 Å². The Balaban J connectivity index is 0.000000248. The van der Waals surface area contributed by atoms with Crippen molar-refractivity contribution in [1.82, 2.24) is 19.7 Å². The number of Topliss-reactive ketones (excluding diaryl/α,β-unsaturated/α-hetero) is 6. The number of aryl methyl sites for hydroxylation is 4. The van der Waals surface area contributed by atoms with Crippen LogP contribution in [0.1, 0.15) is 83.6 Å². The van der Waals surface area contributed by atoms with Gasteiger partial charge >= 0.3 is 7.40 Å². The number of ketones is 6. The Hall–Kier alpha value is -7.42. The van der Waals surface area contributed by atoms with Gasteiger partial charge in [0.25, 0.3) is 17.7 Å². The Bertz CT molecular complexity index is 4970. The van der Waals surface area contributed by atoms with Gasteiger partial charge in [-0.15, -0.1) is 22.8 Å². The molecule has 9 aliphatic rings. The van der Waals surface area contributed by atoms with E-state index in [-0.39, 0.29) is 189 Å². The van der Waals surface area contributed by atoms with Crippen LogP contribution in [0, 0.1) is 81.4 Å². The van der Waals surface area contributed by atoms with Gasteiger partial charge in [-0.25, -0.2) is 4.98 Å². The summed E-state index contributed by atoms with van der Waals surface area (Å²) in [5.41, 5.74) is 14.9. The number of primary amides is 3. The largest absolute Gasteiger partial charge is 1.00 e. The molecule has 21 N–H and O–H groups in total. The molecule has 13 rings (SSSR count). The van der Waals surface area contributed by atoms with E-state index in [1.807, 2.05) is 6.92 Å². The molecule has 9 aliphatic carbocycles. The van der Waals surface area contributed by atoms with Gasteiger partial charge in [0.1, 0.15) is 57.9 Å². The van der Waals surface area contributed by atoms with Crippen molar-refractivity contribution in [2.75, 3.05) is 81.3 Å². The van der Waals surface area contributed by atoms with E-state index < -0.39 is 192 Å². The van der Waals surface area contributed by atoms with Crippen LogP contribution in [0.2, 0.25) is 0 Å². The van der Waals surface area contributed by atoms with Crippen LogP contribution < -0.4 is 28.3 Å². The standard InChI is InChI=1S/C24H26N3O8.C24H24N3O7.C22H24N3O7.C5H12O4.3Y/c1-8-5-13(26-9(2)28)18(29)15-11(8)6-10-7-12-17(27(3)4)20(31)16(23(25)34)22(33)24(12,35)21(32)14(10)19(15)30;1-8-5-13-20(34-9(2)26-13)15-11(8)6-10-7-12-17(27(3)4)19(29)16(23(25)32)22(31)24(12,33)21(30)14(10)18(15)28;1-7-4-11(23)16(26)13-9(7)5-8-6-10-15(25(2)3)18(28)14(21(24)31)20(30)22(10,32)19(29)12(8)17(13)27;1-7-5(4-6,8-2)9-3;;;/h10,12,17,29-30,33,35H,6-7H2,1-4H3,(H2,25,34)(H,26,28);10,12,17,28,31,33H,6-7H2,1-4H3,(H2,25,32);8,10,15,26-27,30,32H,5-6,23H2,1-3H3,(H2,24,31);6H,4H2,1-3H3;;;/q3*-1;;;;/p+1/t2*10-,12-,17-,24-;8-,10-,15-,22-;;;;/m000..../s1. The SMILES string of the molecule is CC(=O)Nc1[c-]c(C)c2c(c1O)C(O)=C1C(=O)[C@]3(O)C(O)=C(C(N)=O)C(=O)[C@@H](N(C)C)[C@@H]3C[C@@H]1C2.COC(CO)(OC)OC.Cc1[c-]c(N)c(O)c2c1C[C@H]1C[C@H]3[C@H](N(C)C)C(=O)C(C(N)=O)=C(O)[C@@]3(O)C(=O)C1=C2O.Cc1nc2[c-]c(C)c3c(c2o1)C(O)=C1C(=O)[C@]2(O)C(O)=C(C(N)=O)C(=O)[C@@H](N(C)C)[C@@H]2C[C@@H]1C3.[H+].[Y].[Y].[Y]. The average Bonchev–Trinajstić information content (AvgIpc) is 0.759. The Morgan fingerprint density at radius 2 is 0.850 bits per heavy atom. The van der Waals surface area contributed by atoms with Crippen LogP contribution >= 0.6 is 0 Å². The van der Waals surface area contributed by atoms with Crippen LogP contribution in [-0.2, 0) is 180 Å². The molecule has 0 bridgehead atoms. The minimum absolute atomic E-state index is 0. The molecule has 3 saturated carbocycles. The second-order valence-corrected chi connectivity index (χ2v) is 29.2. The van der Waals surface area contributed by atoms with Gasteiger partial charge in [0.2, 0.25) is 23.3 Å². The number of benzene rings is 3. The molecule has 113 heavy (non-hydrogen) atoms. The number of carbonyl (C=O) groups excluding carboxylic acids is 10. The summed E-state index contributed by atoms with van der Waals surface area (Å²) in [5, 5.41) is 133. The summed E-state index contributed by atoms with van der Waals surface area (Å²) in [6.45, 7) is 7.75. The molecule has 12 atom stereocenters. The minimum Gasteiger partial charge on any atom is -0.563 e. The number of phenolic OH excluding ortho intramolecular Hbond substituents is 2. The maximum absolute atomic E-state index is 13.8. The second kappa shape index (κ2) is 33.7. The molecule has 0 saturated heterocycles. The number of oxazole rings is 1. The monoisotopic (exact) mass is 1800 g/mol. The number of rotatable bonds is 11. The first kappa shape index (κ1) is 92.8. The fraction of sp³-hybridized carbons (Fsp3) is 0.453. The predicted octanol–water partition coefficient (Wildman–Crippen LogP) is 0.179. The number of nitrogens with zero attached hydrogens (tertiary/aromatic N) is 4. The summed E-state index contributed by atoms with van der Waals surface area (Å²) in [6, 6.07) is 5.51. The van der Waals surface area contributed by atoms with E-state index in [1.165, 1.54) is 57.0 Å². The third-order valence-electron chi connectivity index (χ3n) is 22.5. The van der Waals surface area contributed by atoms with Crippen molar-refractivity contribution in [2.24, 2.45) is 52.7 Å². The number of carbonyl (C=O) groups is 10. The predicted molar refractivity (Wildman–Crippen MR) is 385 cm³/mol. The number of amides is 4. The average molecular weight is 1800 g/mol. The van der Waals surface area contributed by atoms with E-state index in [0.29, 0.717) is 45.6 Å². The molecule has 4 aromatic rings. The summed E-state index contributed by atoms with van der Waals surface area (Å²) in [4.78, 5) is 136. The van der Waals surface area contributed by atoms with Gasteiger partial charge in [-0.3, -0.25) is 62.6 Å². The number of aromatic hydroxyl groups is 2. The van der Waals surface area contributed by atoms with E-state index >= 15 is 0 Å². The molecule has 3 radical (unpaired) electrons. The van der Waals surface area contributed by atoms with E-state index in [9.17, 15) is 104 Å². The summed E-state index contributed by atoms with van der Waals surface area (Å²) in [7, 11) is 13.5. The Morgan fingerprint density at radius 1 is 0.540 bits per heavy atom. The summed E-state index contributed by atoms with van der Waals surface area (Å²) >= 11 is 0. The van der Waals surface area contributed by atoms with E-state index in [4.69, 9.17) is 46.7 Å². The van der Waals surface area contributed by atoms with Crippen LogP contribution in [0.3, 0.4) is 0 Å². The number of likely N-dealkylation sites (N-methyl/N-ethyl adjacent to an activating group) is 3. The Labute approximate surface area is 723 Å². The van der Waals surface area contributed by atoms with Crippen LogP contribution in [0.4, 0.5) is 11.4 Å². The molecule has 3 fully saturated rings. The zero-order valence-electron chi connectivity index (χ0n) is 65.1. The van der Waals surface area contributed by atoms with Gasteiger partial charge in [-0.2, -0.15) is 28.8 Å². The normalized spacial score (nSPS) is 26.8. The maximum Gasteiger partial charge on any atom is 1.00 e. The Kier molecular flexibility index (Phi) is 27.6. The topological polar surface area (TPSA) is 593 Å². The molecule has 35 nitrogen and oxygen atoms in total. The Morgan fingerprint density at radius 3 is 1.15 bits per heavy atom. The summed E-state index contributed by atoms with van der Waals surface area (Å²) < 4.78 is 19.8. The number of aliphatic hydroxyl groups excluding tert-OH is 7. The van der Waals surface area contributed by atoms with Gasteiger partial charge in [-0.1, -0.05) is 40.0 Å². The number of anilines is 2. The summed E-state index contributed by atoms with van der Waals surface area (Å²) in [6.07, 6.45) is 0.830. The van der Waals surface area contributed by atoms with Crippen LogP contribution in [0.25, 0.3) is 28.4 Å². The van der Waals surface area contributed by atoms with Gasteiger partial charge in [0.05, 0.1) is 23.7 Å². The molecule has 4 amide bonds. The van der Waals surface area contributed by atoms with Gasteiger partial charge in [0, 0.05) is 179 Å². The molecular weight excluding hydrogens is 1710 g/mol. The van der Waals surface area contributed by atoms with Crippen molar-refractivity contribution < 1.29 is 227 Å². The number of aliphatic hydroxyl groups is 10. The van der Waals surface area contributed by atoms with Crippen LogP contribution in [-0.4, -0.2) is 250 Å². The van der Waals surface area contributed by atoms with E-state index in [2.05, 4.69) is 28.5 Å². The number of phenols is 2. The third-order valence-corrected chi connectivity index (χ3v) is 22.5. The number of aromatic nitrogens is 1. The number of nitrogens with two attached hydrogens (primary N) is 4. The smallest absolute Gasteiger partial charge is 0.563 e. The first-order valence-electron chi connectivity index (χ1n) is 34.3. The molecule has 0 unspecified atom stereocenters. The van der Waals surface area contributed by atoms with Crippen LogP contribution in [0.15, 0.2) is 55.1 Å². The van der Waals surface area contributed by atoms with Crippen molar-refractivity contribution in [3.63, 3.8) is 0 Å². The summed E-state index contributed by atoms with van der Waals surface area (Å²) in [5.74, 6) is -21.7. The second-order valence-electron chi connectivity index (χ2n) is 29.2. The molecule has 599 valence electrons. The third kappa shape index (κ3) is 14.6. The molecule has 38 heteroatoms. The number of nitrogen functional groups attached to an aromatic ring is 1. The zero-order chi connectivity index (χ0) is 82.2. The van der Waals surface area contributed by atoms with E-state index in [0.717, 1.165) is 11.1 Å². The quantitative estimate of drug-likeness (QED) is 0.0313. The first-order valence-corrected chi connectivity index (χ1v) is 34.3. The number of methoxy groups -OCH3 is 3. The number of ether oxygens (including phenoxy) is 3. The van der Waals surface area contributed by atoms with Gasteiger partial charge < -0.3 is 108 Å². The minimum atomic E-state index is -2.70. The molecular formula is C75H87N9O26Y3-2. The van der Waals surface area contributed by atoms with Crippen molar-refractivity contribution in [3.8, 4) is 11.5 Å². The number of nitrogens with one attached hydrogen (secondary N) is 1.